The van der Waals surface area contributed by atoms with Crippen molar-refractivity contribution in [1.82, 2.24) is 0 Å². The van der Waals surface area contributed by atoms with Crippen LogP contribution < -0.4 is 14.2 Å². The highest BCUT2D eigenvalue weighted by atomic mass is 16.7. The molecule has 0 radical (unpaired) electrons. The van der Waals surface area contributed by atoms with Gasteiger partial charge < -0.3 is 23.7 Å². The van der Waals surface area contributed by atoms with E-state index in [1.165, 1.54) is 18.4 Å². The average Bonchev–Trinajstić information content (AvgIpc) is 2.69. The summed E-state index contributed by atoms with van der Waals surface area (Å²) in [6.45, 7) is 5.00. The van der Waals surface area contributed by atoms with Crippen LogP contribution in [0.1, 0.15) is 32.3 Å². The van der Waals surface area contributed by atoms with Crippen molar-refractivity contribution < 1.29 is 23.7 Å². The Morgan fingerprint density at radius 3 is 2.33 bits per heavy atom. The van der Waals surface area contributed by atoms with E-state index in [-0.39, 0.29) is 13.6 Å². The Balaban J connectivity index is 1.85. The minimum absolute atomic E-state index is 0.111. The molecule has 0 aromatic heterocycles. The number of fused-ring (bicyclic) bond motifs is 1. The molecule has 1 saturated carbocycles. The lowest BCUT2D eigenvalue weighted by molar-refractivity contribution is -0.00322. The second-order valence-electron chi connectivity index (χ2n) is 7.73. The largest absolute Gasteiger partial charge is 0.493 e. The van der Waals surface area contributed by atoms with Gasteiger partial charge in [-0.25, -0.2) is 0 Å². The number of allylic oxidation sites excluding steroid dienone is 3. The van der Waals surface area contributed by atoms with E-state index in [0.29, 0.717) is 28.6 Å². The third-order valence-electron chi connectivity index (χ3n) is 5.90. The number of methoxy groups -OCH3 is 3. The molecule has 3 aliphatic carbocycles. The van der Waals surface area contributed by atoms with Crippen molar-refractivity contribution in [3.8, 4) is 17.2 Å². The Hall–Kier alpha value is -1.98. The fourth-order valence-electron chi connectivity index (χ4n) is 4.11. The number of rotatable bonds is 9. The second-order valence-corrected chi connectivity index (χ2v) is 7.73. The summed E-state index contributed by atoms with van der Waals surface area (Å²) >= 11 is 0. The van der Waals surface area contributed by atoms with Gasteiger partial charge in [0.15, 0.2) is 25.1 Å². The molecule has 0 aliphatic heterocycles. The van der Waals surface area contributed by atoms with E-state index in [0.717, 1.165) is 11.5 Å². The lowest BCUT2D eigenvalue weighted by Gasteiger charge is -2.56. The molecule has 0 saturated heterocycles. The van der Waals surface area contributed by atoms with Crippen LogP contribution in [0.5, 0.6) is 17.2 Å². The first-order chi connectivity index (χ1) is 13.0. The maximum absolute atomic E-state index is 5.69. The highest BCUT2D eigenvalue weighted by molar-refractivity contribution is 5.63. The van der Waals surface area contributed by atoms with Crippen LogP contribution in [0.15, 0.2) is 29.9 Å². The van der Waals surface area contributed by atoms with E-state index in [4.69, 9.17) is 23.7 Å². The van der Waals surface area contributed by atoms with E-state index in [1.54, 1.807) is 21.3 Å². The van der Waals surface area contributed by atoms with Crippen molar-refractivity contribution in [2.45, 2.75) is 26.7 Å². The Morgan fingerprint density at radius 2 is 1.70 bits per heavy atom. The molecule has 2 bridgehead atoms. The first kappa shape index (κ1) is 19.8. The Labute approximate surface area is 161 Å². The van der Waals surface area contributed by atoms with E-state index in [2.05, 4.69) is 32.1 Å². The zero-order valence-electron chi connectivity index (χ0n) is 16.9. The Bertz CT molecular complexity index is 720. The minimum Gasteiger partial charge on any atom is -0.493 e. The van der Waals surface area contributed by atoms with Crippen LogP contribution in [-0.4, -0.2) is 34.9 Å². The van der Waals surface area contributed by atoms with Crippen LogP contribution >= 0.6 is 0 Å². The van der Waals surface area contributed by atoms with E-state index in [9.17, 15) is 0 Å². The third-order valence-corrected chi connectivity index (χ3v) is 5.90. The molecule has 1 aromatic carbocycles. The number of benzene rings is 1. The van der Waals surface area contributed by atoms with Gasteiger partial charge in [-0.1, -0.05) is 32.1 Å². The van der Waals surface area contributed by atoms with Crippen molar-refractivity contribution in [2.24, 2.45) is 17.3 Å². The molecule has 0 unspecified atom stereocenters. The number of ether oxygens (including phenoxy) is 5. The summed E-state index contributed by atoms with van der Waals surface area (Å²) in [6, 6.07) is 3.88. The normalized spacial score (nSPS) is 22.9. The fourth-order valence-corrected chi connectivity index (χ4v) is 4.11. The number of hydrogen-bond donors (Lipinski definition) is 0. The summed E-state index contributed by atoms with van der Waals surface area (Å²) in [5.74, 6) is 3.17. The molecule has 5 nitrogen and oxygen atoms in total. The maximum atomic E-state index is 5.69. The third kappa shape index (κ3) is 3.99. The Morgan fingerprint density at radius 1 is 1.00 bits per heavy atom. The summed E-state index contributed by atoms with van der Waals surface area (Å²) in [7, 11) is 4.77. The van der Waals surface area contributed by atoms with Crippen molar-refractivity contribution >= 4 is 6.08 Å². The zero-order chi connectivity index (χ0) is 19.4. The molecule has 5 heteroatoms. The van der Waals surface area contributed by atoms with Gasteiger partial charge in [-0.3, -0.25) is 0 Å². The van der Waals surface area contributed by atoms with Crippen LogP contribution in [0.25, 0.3) is 6.08 Å². The van der Waals surface area contributed by atoms with Crippen LogP contribution in [0.4, 0.5) is 0 Å². The molecule has 148 valence electrons. The van der Waals surface area contributed by atoms with Crippen LogP contribution in [0, 0.1) is 17.3 Å². The summed E-state index contributed by atoms with van der Waals surface area (Å²) in [6.07, 6.45) is 9.21. The molecule has 27 heavy (non-hydrogen) atoms. The standard InChI is InChI=1S/C22H30O5/c1-22(2)17-9-8-16(18(22)12-17)7-6-15-10-19(25-5)21(27-14-24-4)20(11-15)26-13-23-3/h6-8,10-11,17-18H,9,12-14H2,1-5H3/t17-,18-/m0/s1. The molecule has 1 aromatic rings. The Kier molecular flexibility index (Phi) is 6.12. The van der Waals surface area contributed by atoms with E-state index >= 15 is 0 Å². The first-order valence-corrected chi connectivity index (χ1v) is 9.34. The summed E-state index contributed by atoms with van der Waals surface area (Å²) in [5.41, 5.74) is 2.83. The van der Waals surface area contributed by atoms with Crippen molar-refractivity contribution in [2.75, 3.05) is 34.9 Å². The molecular formula is C22H30O5. The van der Waals surface area contributed by atoms with Gasteiger partial charge in [-0.2, -0.15) is 0 Å². The van der Waals surface area contributed by atoms with E-state index in [1.807, 2.05) is 12.1 Å². The molecule has 0 spiro atoms. The summed E-state index contributed by atoms with van der Waals surface area (Å²) < 4.78 is 26.9. The van der Waals surface area contributed by atoms with Gasteiger partial charge in [0.1, 0.15) is 0 Å². The van der Waals surface area contributed by atoms with Crippen LogP contribution in [0.2, 0.25) is 0 Å². The molecule has 0 heterocycles. The summed E-state index contributed by atoms with van der Waals surface area (Å²) in [4.78, 5) is 0. The average molecular weight is 374 g/mol. The van der Waals surface area contributed by atoms with Gasteiger partial charge in [0.2, 0.25) is 5.75 Å². The minimum atomic E-state index is 0.111. The molecule has 0 amide bonds. The zero-order valence-corrected chi connectivity index (χ0v) is 16.9. The molecule has 4 rings (SSSR count). The van der Waals surface area contributed by atoms with Gasteiger partial charge in [0.25, 0.3) is 0 Å². The van der Waals surface area contributed by atoms with E-state index < -0.39 is 0 Å². The van der Waals surface area contributed by atoms with Gasteiger partial charge in [0.05, 0.1) is 7.11 Å². The van der Waals surface area contributed by atoms with Crippen molar-refractivity contribution in [3.05, 3.63) is 35.4 Å². The number of hydrogen-bond acceptors (Lipinski definition) is 5. The lowest BCUT2D eigenvalue weighted by atomic mass is 9.49. The predicted octanol–water partition coefficient (Wildman–Crippen LogP) is 4.67. The monoisotopic (exact) mass is 374 g/mol. The van der Waals surface area contributed by atoms with Crippen LogP contribution in [0.3, 0.4) is 0 Å². The molecule has 3 aliphatic rings. The fraction of sp³-hybridized carbons (Fsp3) is 0.545. The van der Waals surface area contributed by atoms with Gasteiger partial charge in [-0.05, 0) is 53.4 Å². The smallest absolute Gasteiger partial charge is 0.206 e. The van der Waals surface area contributed by atoms with Gasteiger partial charge in [-0.15, -0.1) is 0 Å². The topological polar surface area (TPSA) is 46.2 Å². The molecular weight excluding hydrogens is 344 g/mol. The highest BCUT2D eigenvalue weighted by Gasteiger charge is 2.50. The molecule has 1 fully saturated rings. The highest BCUT2D eigenvalue weighted by Crippen LogP contribution is 2.59. The van der Waals surface area contributed by atoms with Crippen molar-refractivity contribution in [3.63, 3.8) is 0 Å². The van der Waals surface area contributed by atoms with Gasteiger partial charge in [0, 0.05) is 14.2 Å². The first-order valence-electron chi connectivity index (χ1n) is 9.34. The quantitative estimate of drug-likeness (QED) is 0.588. The van der Waals surface area contributed by atoms with Crippen LogP contribution in [-0.2, 0) is 9.47 Å². The predicted molar refractivity (Wildman–Crippen MR) is 105 cm³/mol. The maximum Gasteiger partial charge on any atom is 0.206 e. The van der Waals surface area contributed by atoms with Crippen molar-refractivity contribution in [1.29, 1.82) is 0 Å². The SMILES string of the molecule is COCOc1cc(C=CC2=CC[C@H]3C[C@@H]2C3(C)C)cc(OC)c1OCOC. The summed E-state index contributed by atoms with van der Waals surface area (Å²) in [5, 5.41) is 0. The molecule has 2 atom stereocenters. The molecule has 0 N–H and O–H groups in total. The van der Waals surface area contributed by atoms with Gasteiger partial charge >= 0.3 is 0 Å². The lowest BCUT2D eigenvalue weighted by Crippen LogP contribution is -2.47. The second kappa shape index (κ2) is 8.36.